The molecule has 0 aromatic carbocycles. The zero-order valence-electron chi connectivity index (χ0n) is 15.2. The van der Waals surface area contributed by atoms with E-state index in [-0.39, 0.29) is 6.04 Å². The smallest absolute Gasteiger partial charge is 0.354 e. The first-order valence-electron chi connectivity index (χ1n) is 8.97. The maximum absolute atomic E-state index is 12.6. The van der Waals surface area contributed by atoms with Gasteiger partial charge in [-0.05, 0) is 18.9 Å². The van der Waals surface area contributed by atoms with Gasteiger partial charge in [0.15, 0.2) is 0 Å². The summed E-state index contributed by atoms with van der Waals surface area (Å²) in [7, 11) is 1.44. The molecule has 1 fully saturated rings. The monoisotopic (exact) mass is 392 g/mol. The van der Waals surface area contributed by atoms with Crippen molar-refractivity contribution in [3.05, 3.63) is 24.8 Å². The van der Waals surface area contributed by atoms with E-state index in [1.54, 1.807) is 12.4 Å². The lowest BCUT2D eigenvalue weighted by atomic mass is 10.0. The average molecular weight is 392 g/mol. The molecule has 28 heavy (non-hydrogen) atoms. The van der Waals surface area contributed by atoms with Gasteiger partial charge in [-0.25, -0.2) is 15.0 Å². The van der Waals surface area contributed by atoms with E-state index in [0.717, 1.165) is 22.8 Å². The zero-order valence-corrected chi connectivity index (χ0v) is 15.2. The van der Waals surface area contributed by atoms with E-state index in [0.29, 0.717) is 30.8 Å². The number of carbonyl (C=O) groups is 1. The van der Waals surface area contributed by atoms with E-state index >= 15 is 0 Å². The lowest BCUT2D eigenvalue weighted by Crippen LogP contribution is -2.49. The summed E-state index contributed by atoms with van der Waals surface area (Å²) in [6.07, 6.45) is 0.375. The Morgan fingerprint density at radius 1 is 1.36 bits per heavy atom. The summed E-state index contributed by atoms with van der Waals surface area (Å²) in [6.45, 7) is 1.12. The largest absolute Gasteiger partial charge is 0.397 e. The average Bonchev–Trinajstić information content (AvgIpc) is 3.14. The molecule has 0 aliphatic carbocycles. The first-order valence-corrected chi connectivity index (χ1v) is 8.97. The van der Waals surface area contributed by atoms with Crippen molar-refractivity contribution in [2.75, 3.05) is 25.0 Å². The number of carbonyl (C=O) groups excluding carboxylic acids is 1. The minimum absolute atomic E-state index is 0.308. The van der Waals surface area contributed by atoms with Gasteiger partial charge in [-0.15, -0.1) is 0 Å². The number of fused-ring (bicyclic) bond motifs is 3. The van der Waals surface area contributed by atoms with Gasteiger partial charge in [-0.2, -0.15) is 13.2 Å². The number of likely N-dealkylation sites (N-methyl/N-ethyl adjacent to an activating group) is 1. The number of rotatable bonds is 3. The Balaban J connectivity index is 1.63. The van der Waals surface area contributed by atoms with Gasteiger partial charge in [0, 0.05) is 37.8 Å². The number of pyridine rings is 1. The van der Waals surface area contributed by atoms with E-state index in [4.69, 9.17) is 0 Å². The third-order valence-corrected chi connectivity index (χ3v) is 5.16. The summed E-state index contributed by atoms with van der Waals surface area (Å²) >= 11 is 0. The van der Waals surface area contributed by atoms with Crippen LogP contribution in [0, 0.1) is 0 Å². The minimum Gasteiger partial charge on any atom is -0.354 e. The molecule has 0 spiro atoms. The second kappa shape index (κ2) is 6.92. The maximum Gasteiger partial charge on any atom is 0.397 e. The number of anilines is 1. The van der Waals surface area contributed by atoms with Crippen LogP contribution in [0.5, 0.6) is 0 Å². The van der Waals surface area contributed by atoms with Crippen LogP contribution in [-0.2, 0) is 4.79 Å². The normalized spacial score (nSPS) is 18.0. The molecule has 0 saturated carbocycles. The predicted octanol–water partition coefficient (Wildman–Crippen LogP) is 2.89. The number of alkyl halides is 3. The highest BCUT2D eigenvalue weighted by molar-refractivity contribution is 6.08. The lowest BCUT2D eigenvalue weighted by Gasteiger charge is -2.38. The van der Waals surface area contributed by atoms with Gasteiger partial charge in [0.25, 0.3) is 0 Å². The van der Waals surface area contributed by atoms with E-state index in [2.05, 4.69) is 19.9 Å². The third-order valence-electron chi connectivity index (χ3n) is 5.16. The molecule has 0 bridgehead atoms. The van der Waals surface area contributed by atoms with Crippen molar-refractivity contribution in [2.45, 2.75) is 31.5 Å². The predicted molar refractivity (Wildman–Crippen MR) is 97.9 cm³/mol. The van der Waals surface area contributed by atoms with Crippen molar-refractivity contribution in [3.63, 3.8) is 0 Å². The molecule has 7 nitrogen and oxygen atoms in total. The number of aromatic amines is 1. The first-order chi connectivity index (χ1) is 13.3. The molecule has 0 radical (unpaired) electrons. The number of nitrogens with one attached hydrogen (secondary N) is 1. The molecule has 1 aliphatic heterocycles. The fraction of sp³-hybridized carbons (Fsp3) is 0.444. The second-order valence-corrected chi connectivity index (χ2v) is 6.99. The van der Waals surface area contributed by atoms with Gasteiger partial charge >= 0.3 is 6.18 Å². The van der Waals surface area contributed by atoms with Crippen LogP contribution in [0.2, 0.25) is 0 Å². The third kappa shape index (κ3) is 3.46. The Kier molecular flexibility index (Phi) is 4.56. The maximum atomic E-state index is 12.6. The molecule has 1 unspecified atom stereocenters. The van der Waals surface area contributed by atoms with E-state index < -0.39 is 18.5 Å². The summed E-state index contributed by atoms with van der Waals surface area (Å²) in [5.74, 6) is -0.206. The van der Waals surface area contributed by atoms with Crippen molar-refractivity contribution >= 4 is 33.7 Å². The summed E-state index contributed by atoms with van der Waals surface area (Å²) in [5, 5.41) is 1.73. The number of amides is 1. The van der Waals surface area contributed by atoms with Crippen molar-refractivity contribution in [1.82, 2.24) is 24.8 Å². The fourth-order valence-corrected chi connectivity index (χ4v) is 3.74. The van der Waals surface area contributed by atoms with E-state index in [1.807, 2.05) is 11.0 Å². The Hall–Kier alpha value is -2.91. The van der Waals surface area contributed by atoms with Crippen LogP contribution in [0.15, 0.2) is 24.8 Å². The van der Waals surface area contributed by atoms with Crippen LogP contribution in [-0.4, -0.2) is 63.1 Å². The molecule has 1 saturated heterocycles. The molecule has 1 atom stereocenters. The van der Waals surface area contributed by atoms with Crippen LogP contribution in [0.1, 0.15) is 19.3 Å². The number of hydrogen-bond acceptors (Lipinski definition) is 5. The Morgan fingerprint density at radius 3 is 2.96 bits per heavy atom. The lowest BCUT2D eigenvalue weighted by molar-refractivity contribution is -0.162. The topological polar surface area (TPSA) is 78.0 Å². The standard InChI is InChI=1S/C18H19F3N6O/c1-26(14(28)7-18(19,20)21)11-3-2-6-27(9-11)17-15-12-4-5-22-16(12)23-8-13(15)24-10-25-17/h4-5,8,10-11H,2-3,6-7,9H2,1H3,(H,22,23). The van der Waals surface area contributed by atoms with Crippen molar-refractivity contribution in [3.8, 4) is 0 Å². The van der Waals surface area contributed by atoms with E-state index in [9.17, 15) is 18.0 Å². The SMILES string of the molecule is CN(C(=O)CC(F)(F)F)C1CCCN(c2ncnc3cnc4[nH]ccc4c23)C1. The highest BCUT2D eigenvalue weighted by Crippen LogP contribution is 2.31. The van der Waals surface area contributed by atoms with Gasteiger partial charge in [-0.3, -0.25) is 4.79 Å². The minimum atomic E-state index is -4.50. The number of H-pyrrole nitrogens is 1. The van der Waals surface area contributed by atoms with Crippen molar-refractivity contribution < 1.29 is 18.0 Å². The highest BCUT2D eigenvalue weighted by atomic mass is 19.4. The molecule has 4 rings (SSSR count). The molecular formula is C18H19F3N6O. The molecule has 1 aliphatic rings. The Bertz CT molecular complexity index is 1020. The quantitative estimate of drug-likeness (QED) is 0.742. The number of hydrogen-bond donors (Lipinski definition) is 1. The van der Waals surface area contributed by atoms with Crippen molar-refractivity contribution in [1.29, 1.82) is 0 Å². The van der Waals surface area contributed by atoms with Crippen LogP contribution in [0.3, 0.4) is 0 Å². The van der Waals surface area contributed by atoms with Crippen LogP contribution in [0.4, 0.5) is 19.0 Å². The summed E-state index contributed by atoms with van der Waals surface area (Å²) in [6, 6.07) is 1.59. The fourth-order valence-electron chi connectivity index (χ4n) is 3.74. The van der Waals surface area contributed by atoms with Gasteiger partial charge in [-0.1, -0.05) is 0 Å². The molecule has 3 aromatic heterocycles. The molecule has 148 valence electrons. The van der Waals surface area contributed by atoms with Crippen molar-refractivity contribution in [2.24, 2.45) is 0 Å². The molecule has 1 N–H and O–H groups in total. The number of piperidine rings is 1. The summed E-state index contributed by atoms with van der Waals surface area (Å²) in [5.41, 5.74) is 1.41. The number of nitrogens with zero attached hydrogens (tertiary/aromatic N) is 5. The number of halogens is 3. The van der Waals surface area contributed by atoms with Gasteiger partial charge < -0.3 is 14.8 Å². The van der Waals surface area contributed by atoms with Crippen LogP contribution in [0.25, 0.3) is 21.9 Å². The summed E-state index contributed by atoms with van der Waals surface area (Å²) < 4.78 is 37.8. The van der Waals surface area contributed by atoms with E-state index in [1.165, 1.54) is 18.3 Å². The molecule has 4 heterocycles. The Morgan fingerprint density at radius 2 is 2.18 bits per heavy atom. The molecule has 3 aromatic rings. The van der Waals surface area contributed by atoms with Crippen LogP contribution < -0.4 is 4.90 Å². The Labute approximate surface area is 158 Å². The molecule has 10 heteroatoms. The van der Waals surface area contributed by atoms with Gasteiger partial charge in [0.1, 0.15) is 24.2 Å². The highest BCUT2D eigenvalue weighted by Gasteiger charge is 2.35. The second-order valence-electron chi connectivity index (χ2n) is 6.99. The van der Waals surface area contributed by atoms with Crippen LogP contribution >= 0.6 is 0 Å². The molecular weight excluding hydrogens is 373 g/mol. The van der Waals surface area contributed by atoms with Gasteiger partial charge in [0.2, 0.25) is 5.91 Å². The first kappa shape index (κ1) is 18.5. The summed E-state index contributed by atoms with van der Waals surface area (Å²) in [4.78, 5) is 31.4. The number of aromatic nitrogens is 4. The van der Waals surface area contributed by atoms with Gasteiger partial charge in [0.05, 0.1) is 17.1 Å². The zero-order chi connectivity index (χ0) is 19.9. The molecule has 1 amide bonds.